The lowest BCUT2D eigenvalue weighted by atomic mass is 10.0. The third-order valence-electron chi connectivity index (χ3n) is 3.65. The van der Waals surface area contributed by atoms with Crippen LogP contribution >= 0.6 is 0 Å². The van der Waals surface area contributed by atoms with Crippen LogP contribution in [-0.4, -0.2) is 18.1 Å². The molecule has 0 amide bonds. The van der Waals surface area contributed by atoms with E-state index in [0.717, 1.165) is 18.9 Å². The van der Waals surface area contributed by atoms with Gasteiger partial charge in [0.05, 0.1) is 6.61 Å². The zero-order valence-electron chi connectivity index (χ0n) is 11.0. The highest BCUT2D eigenvalue weighted by molar-refractivity contribution is 5.39. The average Bonchev–Trinajstić information content (AvgIpc) is 2.89. The van der Waals surface area contributed by atoms with E-state index in [1.165, 1.54) is 11.1 Å². The predicted octanol–water partition coefficient (Wildman–Crippen LogP) is 2.91. The van der Waals surface area contributed by atoms with Crippen LogP contribution in [0.25, 0.3) is 0 Å². The molecule has 1 N–H and O–H groups in total. The molecule has 0 fully saturated rings. The van der Waals surface area contributed by atoms with Gasteiger partial charge < -0.3 is 10.1 Å². The molecule has 19 heavy (non-hydrogen) atoms. The highest BCUT2D eigenvalue weighted by atomic mass is 16.5. The third-order valence-corrected chi connectivity index (χ3v) is 3.65. The number of para-hydroxylation sites is 1. The maximum absolute atomic E-state index is 5.70. The number of nitrogens with zero attached hydrogens (tertiary/aromatic N) is 1. The topological polar surface area (TPSA) is 34.1 Å². The Morgan fingerprint density at radius 1 is 1.32 bits per heavy atom. The fourth-order valence-electron chi connectivity index (χ4n) is 2.47. The molecule has 1 aromatic carbocycles. The monoisotopic (exact) mass is 254 g/mol. The minimum absolute atomic E-state index is 0.307. The number of rotatable bonds is 4. The van der Waals surface area contributed by atoms with Crippen molar-refractivity contribution in [1.82, 2.24) is 10.3 Å². The van der Waals surface area contributed by atoms with Crippen LogP contribution in [0.2, 0.25) is 0 Å². The number of hydrogen-bond acceptors (Lipinski definition) is 3. The summed E-state index contributed by atoms with van der Waals surface area (Å²) >= 11 is 0. The summed E-state index contributed by atoms with van der Waals surface area (Å²) in [6.45, 7) is 3.86. The molecule has 2 aromatic rings. The standard InChI is InChI=1S/C16H18N2O/c1-12(13-5-4-8-17-9-13)18-10-14-11-19-16-7-3-2-6-15(14)16/h2-9,12,14,18H,10-11H2,1H3/t12-,14?/m1/s1. The fourth-order valence-corrected chi connectivity index (χ4v) is 2.47. The second kappa shape index (κ2) is 5.41. The second-order valence-corrected chi connectivity index (χ2v) is 4.96. The van der Waals surface area contributed by atoms with E-state index >= 15 is 0 Å². The molecule has 0 saturated carbocycles. The van der Waals surface area contributed by atoms with Crippen molar-refractivity contribution < 1.29 is 4.74 Å². The first-order valence-electron chi connectivity index (χ1n) is 6.69. The first-order valence-corrected chi connectivity index (χ1v) is 6.69. The van der Waals surface area contributed by atoms with Gasteiger partial charge in [0.15, 0.2) is 0 Å². The number of nitrogens with one attached hydrogen (secondary N) is 1. The van der Waals surface area contributed by atoms with Gasteiger partial charge in [-0.15, -0.1) is 0 Å². The lowest BCUT2D eigenvalue weighted by molar-refractivity contribution is 0.323. The second-order valence-electron chi connectivity index (χ2n) is 4.96. The van der Waals surface area contributed by atoms with Gasteiger partial charge in [0, 0.05) is 36.5 Å². The van der Waals surface area contributed by atoms with Crippen molar-refractivity contribution in [3.8, 4) is 5.75 Å². The van der Waals surface area contributed by atoms with Gasteiger partial charge in [-0.1, -0.05) is 24.3 Å². The first kappa shape index (κ1) is 12.2. The lowest BCUT2D eigenvalue weighted by Gasteiger charge is -2.16. The summed E-state index contributed by atoms with van der Waals surface area (Å²) < 4.78 is 5.70. The van der Waals surface area contributed by atoms with Gasteiger partial charge >= 0.3 is 0 Å². The Morgan fingerprint density at radius 2 is 2.21 bits per heavy atom. The van der Waals surface area contributed by atoms with E-state index in [1.54, 1.807) is 6.20 Å². The van der Waals surface area contributed by atoms with Crippen molar-refractivity contribution in [2.75, 3.05) is 13.2 Å². The van der Waals surface area contributed by atoms with Crippen LogP contribution in [0.15, 0.2) is 48.8 Å². The molecule has 1 unspecified atom stereocenters. The molecule has 1 aliphatic heterocycles. The van der Waals surface area contributed by atoms with Crippen LogP contribution in [-0.2, 0) is 0 Å². The molecule has 3 heteroatoms. The molecule has 0 bridgehead atoms. The Balaban J connectivity index is 1.62. The van der Waals surface area contributed by atoms with Gasteiger partial charge in [-0.3, -0.25) is 4.98 Å². The van der Waals surface area contributed by atoms with Gasteiger partial charge in [0.2, 0.25) is 0 Å². The maximum Gasteiger partial charge on any atom is 0.122 e. The van der Waals surface area contributed by atoms with Crippen molar-refractivity contribution in [3.05, 3.63) is 59.9 Å². The van der Waals surface area contributed by atoms with Crippen molar-refractivity contribution in [1.29, 1.82) is 0 Å². The third kappa shape index (κ3) is 2.61. The fraction of sp³-hybridized carbons (Fsp3) is 0.312. The molecule has 1 aliphatic rings. The SMILES string of the molecule is C[C@@H](NCC1COc2ccccc21)c1cccnc1. The minimum Gasteiger partial charge on any atom is -0.493 e. The van der Waals surface area contributed by atoms with E-state index in [-0.39, 0.29) is 0 Å². The Labute approximate surface area is 113 Å². The van der Waals surface area contributed by atoms with E-state index in [2.05, 4.69) is 35.4 Å². The van der Waals surface area contributed by atoms with E-state index in [9.17, 15) is 0 Å². The van der Waals surface area contributed by atoms with Crippen molar-refractivity contribution in [3.63, 3.8) is 0 Å². The molecule has 3 rings (SSSR count). The highest BCUT2D eigenvalue weighted by Crippen LogP contribution is 2.33. The smallest absolute Gasteiger partial charge is 0.122 e. The predicted molar refractivity (Wildman–Crippen MR) is 75.3 cm³/mol. The van der Waals surface area contributed by atoms with Gasteiger partial charge in [-0.05, 0) is 24.6 Å². The lowest BCUT2D eigenvalue weighted by Crippen LogP contribution is -2.25. The molecule has 1 aromatic heterocycles. The number of benzene rings is 1. The molecular weight excluding hydrogens is 236 g/mol. The molecule has 2 heterocycles. The normalized spacial score (nSPS) is 18.7. The van der Waals surface area contributed by atoms with Crippen LogP contribution in [0, 0.1) is 0 Å². The average molecular weight is 254 g/mol. The summed E-state index contributed by atoms with van der Waals surface area (Å²) in [4.78, 5) is 4.16. The Bertz CT molecular complexity index is 541. The van der Waals surface area contributed by atoms with Crippen molar-refractivity contribution >= 4 is 0 Å². The number of hydrogen-bond donors (Lipinski definition) is 1. The Hall–Kier alpha value is -1.87. The zero-order valence-corrected chi connectivity index (χ0v) is 11.0. The van der Waals surface area contributed by atoms with Crippen LogP contribution in [0.3, 0.4) is 0 Å². The van der Waals surface area contributed by atoms with Crippen molar-refractivity contribution in [2.24, 2.45) is 0 Å². The van der Waals surface area contributed by atoms with Gasteiger partial charge in [-0.2, -0.15) is 0 Å². The Morgan fingerprint density at radius 3 is 3.05 bits per heavy atom. The molecule has 0 spiro atoms. The molecule has 0 aliphatic carbocycles. The van der Waals surface area contributed by atoms with Crippen LogP contribution in [0.5, 0.6) is 5.75 Å². The quantitative estimate of drug-likeness (QED) is 0.911. The van der Waals surface area contributed by atoms with E-state index in [0.29, 0.717) is 12.0 Å². The number of ether oxygens (including phenoxy) is 1. The zero-order chi connectivity index (χ0) is 13.1. The van der Waals surface area contributed by atoms with Gasteiger partial charge in [0.1, 0.15) is 5.75 Å². The molecule has 2 atom stereocenters. The van der Waals surface area contributed by atoms with Crippen LogP contribution < -0.4 is 10.1 Å². The van der Waals surface area contributed by atoms with Crippen LogP contribution in [0.1, 0.15) is 30.0 Å². The van der Waals surface area contributed by atoms with E-state index < -0.39 is 0 Å². The molecule has 0 saturated heterocycles. The molecule has 0 radical (unpaired) electrons. The summed E-state index contributed by atoms with van der Waals surface area (Å²) in [7, 11) is 0. The summed E-state index contributed by atoms with van der Waals surface area (Å²) in [6.07, 6.45) is 3.72. The maximum atomic E-state index is 5.70. The number of aromatic nitrogens is 1. The van der Waals surface area contributed by atoms with Crippen molar-refractivity contribution in [2.45, 2.75) is 18.9 Å². The minimum atomic E-state index is 0.307. The largest absolute Gasteiger partial charge is 0.493 e. The number of fused-ring (bicyclic) bond motifs is 1. The summed E-state index contributed by atoms with van der Waals surface area (Å²) in [5, 5.41) is 3.56. The molecular formula is C16H18N2O. The summed E-state index contributed by atoms with van der Waals surface area (Å²) in [6, 6.07) is 12.7. The van der Waals surface area contributed by atoms with Crippen LogP contribution in [0.4, 0.5) is 0 Å². The first-order chi connectivity index (χ1) is 9.34. The van der Waals surface area contributed by atoms with E-state index in [4.69, 9.17) is 4.74 Å². The number of pyridine rings is 1. The summed E-state index contributed by atoms with van der Waals surface area (Å²) in [5.41, 5.74) is 2.53. The van der Waals surface area contributed by atoms with E-state index in [1.807, 2.05) is 24.4 Å². The summed E-state index contributed by atoms with van der Waals surface area (Å²) in [5.74, 6) is 1.47. The highest BCUT2D eigenvalue weighted by Gasteiger charge is 2.23. The molecule has 3 nitrogen and oxygen atoms in total. The Kier molecular flexibility index (Phi) is 3.47. The van der Waals surface area contributed by atoms with Gasteiger partial charge in [0.25, 0.3) is 0 Å². The van der Waals surface area contributed by atoms with Gasteiger partial charge in [-0.25, -0.2) is 0 Å². The molecule has 98 valence electrons.